The summed E-state index contributed by atoms with van der Waals surface area (Å²) >= 11 is 0. The molecule has 0 amide bonds. The molecule has 64 valence electrons. The van der Waals surface area contributed by atoms with Crippen molar-refractivity contribution in [1.29, 1.82) is 0 Å². The van der Waals surface area contributed by atoms with Gasteiger partial charge in [-0.1, -0.05) is 0 Å². The first-order valence-electron chi connectivity index (χ1n) is 2.74. The third-order valence-corrected chi connectivity index (χ3v) is 1.75. The maximum atomic E-state index is 10.5. The van der Waals surface area contributed by atoms with Gasteiger partial charge in [0.15, 0.2) is 0 Å². The normalized spacial score (nSPS) is 10.7. The van der Waals surface area contributed by atoms with Crippen LogP contribution in [-0.2, 0) is 13.6 Å². The second kappa shape index (κ2) is 6.19. The smallest absolute Gasteiger partial charge is 0.302 e. The molecule has 0 heterocycles. The van der Waals surface area contributed by atoms with Crippen molar-refractivity contribution in [1.82, 2.24) is 0 Å². The Labute approximate surface area is 67.6 Å². The van der Waals surface area contributed by atoms with Crippen molar-refractivity contribution in [2.24, 2.45) is 0 Å². The lowest BCUT2D eigenvalue weighted by atomic mass is 10.9. The van der Waals surface area contributed by atoms with E-state index in [-0.39, 0.29) is 26.7 Å². The quantitative estimate of drug-likeness (QED) is 0.675. The zero-order chi connectivity index (χ0) is 7.33. The molecule has 0 unspecified atom stereocenters. The summed E-state index contributed by atoms with van der Waals surface area (Å²) < 4.78 is 19.2. The summed E-state index contributed by atoms with van der Waals surface area (Å²) in [5.74, 6) is 0. The summed E-state index contributed by atoms with van der Waals surface area (Å²) in [6.07, 6.45) is 0. The standard InChI is InChI=1S/C4H11O4P.H2S/c1-3-7-9(5,6)8-4-2;/h3-4H2,1-2H3,(H,5,6);1H2. The van der Waals surface area contributed by atoms with Crippen LogP contribution in [0.25, 0.3) is 0 Å². The molecule has 0 fully saturated rings. The average molecular weight is 188 g/mol. The Balaban J connectivity index is 0. The zero-order valence-corrected chi connectivity index (χ0v) is 7.93. The van der Waals surface area contributed by atoms with Gasteiger partial charge in [0.05, 0.1) is 13.2 Å². The predicted molar refractivity (Wildman–Crippen MR) is 43.5 cm³/mol. The SMILES string of the molecule is CCOP(=O)(O)OCC.S. The van der Waals surface area contributed by atoms with Gasteiger partial charge < -0.3 is 4.89 Å². The lowest BCUT2D eigenvalue weighted by Crippen LogP contribution is -1.93. The minimum absolute atomic E-state index is 0. The van der Waals surface area contributed by atoms with E-state index < -0.39 is 7.82 Å². The molecule has 1 N–H and O–H groups in total. The van der Waals surface area contributed by atoms with Crippen LogP contribution in [0.15, 0.2) is 0 Å². The monoisotopic (exact) mass is 188 g/mol. The molecule has 0 aliphatic carbocycles. The fourth-order valence-corrected chi connectivity index (χ4v) is 1.09. The lowest BCUT2D eigenvalue weighted by molar-refractivity contribution is 0.161. The van der Waals surface area contributed by atoms with Gasteiger partial charge in [-0.2, -0.15) is 13.5 Å². The van der Waals surface area contributed by atoms with Gasteiger partial charge in [0.1, 0.15) is 0 Å². The Morgan fingerprint density at radius 3 is 1.80 bits per heavy atom. The van der Waals surface area contributed by atoms with Crippen LogP contribution in [0.5, 0.6) is 0 Å². The number of phosphoric ester groups is 1. The number of hydrogen-bond acceptors (Lipinski definition) is 3. The fourth-order valence-electron chi connectivity index (χ4n) is 0.364. The summed E-state index contributed by atoms with van der Waals surface area (Å²) in [6, 6.07) is 0. The van der Waals surface area contributed by atoms with Gasteiger partial charge in [-0.15, -0.1) is 0 Å². The Hall–Kier alpha value is 0.460. The Morgan fingerprint density at radius 1 is 1.30 bits per heavy atom. The van der Waals surface area contributed by atoms with E-state index in [0.29, 0.717) is 0 Å². The highest BCUT2D eigenvalue weighted by atomic mass is 32.1. The summed E-state index contributed by atoms with van der Waals surface area (Å²) in [5, 5.41) is 0. The summed E-state index contributed by atoms with van der Waals surface area (Å²) in [7, 11) is -3.69. The third-order valence-electron chi connectivity index (χ3n) is 0.584. The van der Waals surface area contributed by atoms with Crippen LogP contribution in [0.3, 0.4) is 0 Å². The molecule has 0 aromatic rings. The van der Waals surface area contributed by atoms with Crippen molar-refractivity contribution in [3.63, 3.8) is 0 Å². The molecular weight excluding hydrogens is 175 g/mol. The molecule has 10 heavy (non-hydrogen) atoms. The van der Waals surface area contributed by atoms with Crippen molar-refractivity contribution in [2.45, 2.75) is 13.8 Å². The Bertz CT molecular complexity index is 108. The van der Waals surface area contributed by atoms with E-state index in [1.165, 1.54) is 0 Å². The van der Waals surface area contributed by atoms with E-state index in [0.717, 1.165) is 0 Å². The van der Waals surface area contributed by atoms with Gasteiger partial charge in [-0.25, -0.2) is 4.57 Å². The molecule has 0 radical (unpaired) electrons. The molecule has 6 heteroatoms. The van der Waals surface area contributed by atoms with Crippen LogP contribution in [0.4, 0.5) is 0 Å². The van der Waals surface area contributed by atoms with Gasteiger partial charge >= 0.3 is 7.82 Å². The van der Waals surface area contributed by atoms with Crippen LogP contribution in [0.1, 0.15) is 13.8 Å². The first-order chi connectivity index (χ1) is 4.12. The topological polar surface area (TPSA) is 55.8 Å². The molecule has 0 aromatic heterocycles. The molecule has 0 aliphatic rings. The van der Waals surface area contributed by atoms with Crippen LogP contribution in [0.2, 0.25) is 0 Å². The summed E-state index contributed by atoms with van der Waals surface area (Å²) in [5.41, 5.74) is 0. The van der Waals surface area contributed by atoms with Gasteiger partial charge in [0.2, 0.25) is 0 Å². The molecule has 0 spiro atoms. The summed E-state index contributed by atoms with van der Waals surface area (Å²) in [6.45, 7) is 3.63. The fraction of sp³-hybridized carbons (Fsp3) is 1.00. The first kappa shape index (κ1) is 13.1. The largest absolute Gasteiger partial charge is 0.472 e. The van der Waals surface area contributed by atoms with E-state index in [9.17, 15) is 4.57 Å². The average Bonchev–Trinajstić information content (AvgIpc) is 1.64. The minimum atomic E-state index is -3.69. The van der Waals surface area contributed by atoms with Gasteiger partial charge in [-0.3, -0.25) is 9.05 Å². The predicted octanol–water partition coefficient (Wildman–Crippen LogP) is 1.27. The summed E-state index contributed by atoms with van der Waals surface area (Å²) in [4.78, 5) is 8.63. The van der Waals surface area contributed by atoms with Crippen molar-refractivity contribution >= 4 is 21.3 Å². The molecule has 0 aromatic carbocycles. The van der Waals surface area contributed by atoms with E-state index in [1.54, 1.807) is 13.8 Å². The van der Waals surface area contributed by atoms with Crippen LogP contribution >= 0.6 is 21.3 Å². The minimum Gasteiger partial charge on any atom is -0.302 e. The van der Waals surface area contributed by atoms with E-state index in [4.69, 9.17) is 4.89 Å². The number of rotatable bonds is 4. The molecule has 0 saturated heterocycles. The van der Waals surface area contributed by atoms with E-state index in [2.05, 4.69) is 9.05 Å². The van der Waals surface area contributed by atoms with Crippen molar-refractivity contribution in [2.75, 3.05) is 13.2 Å². The first-order valence-corrected chi connectivity index (χ1v) is 4.23. The molecule has 0 bridgehead atoms. The van der Waals surface area contributed by atoms with Crippen molar-refractivity contribution in [3.8, 4) is 0 Å². The molecular formula is C4H13O4PS. The van der Waals surface area contributed by atoms with Crippen LogP contribution in [-0.4, -0.2) is 18.1 Å². The van der Waals surface area contributed by atoms with Gasteiger partial charge in [-0.05, 0) is 13.8 Å². The molecule has 0 aliphatic heterocycles. The molecule has 4 nitrogen and oxygen atoms in total. The highest BCUT2D eigenvalue weighted by Crippen LogP contribution is 2.42. The lowest BCUT2D eigenvalue weighted by Gasteiger charge is -2.07. The highest BCUT2D eigenvalue weighted by Gasteiger charge is 2.17. The second-order valence-electron chi connectivity index (χ2n) is 1.30. The van der Waals surface area contributed by atoms with E-state index in [1.807, 2.05) is 0 Å². The number of hydrogen-bond donors (Lipinski definition) is 1. The molecule has 0 saturated carbocycles. The maximum Gasteiger partial charge on any atom is 0.472 e. The second-order valence-corrected chi connectivity index (χ2v) is 2.76. The van der Waals surface area contributed by atoms with Crippen LogP contribution in [0, 0.1) is 0 Å². The maximum absolute atomic E-state index is 10.5. The van der Waals surface area contributed by atoms with E-state index >= 15 is 0 Å². The van der Waals surface area contributed by atoms with Crippen LogP contribution < -0.4 is 0 Å². The van der Waals surface area contributed by atoms with Gasteiger partial charge in [0.25, 0.3) is 0 Å². The zero-order valence-electron chi connectivity index (χ0n) is 6.03. The molecule has 0 atom stereocenters. The molecule has 0 rings (SSSR count). The van der Waals surface area contributed by atoms with Crippen molar-refractivity contribution in [3.05, 3.63) is 0 Å². The van der Waals surface area contributed by atoms with Gasteiger partial charge in [0, 0.05) is 0 Å². The number of phosphoric acid groups is 1. The highest BCUT2D eigenvalue weighted by molar-refractivity contribution is 7.59. The van der Waals surface area contributed by atoms with Crippen molar-refractivity contribution < 1.29 is 18.5 Å². The Kier molecular flexibility index (Phi) is 8.09. The Morgan fingerprint density at radius 2 is 1.60 bits per heavy atom. The third kappa shape index (κ3) is 6.58.